The molecule has 25 heavy (non-hydrogen) atoms. The standard InChI is InChI=1S/C19H25N3O3/c1-3-22-10-8-13-6-7-14(11-15(13)22)20-17(24)18(25)21-16-5-4-9-19(16,2)12-23/h6-8,10-11,16,23H,3-5,9,12H2,1-2H3,(H,20,24)(H,21,25). The zero-order valence-electron chi connectivity index (χ0n) is 14.7. The van der Waals surface area contributed by atoms with E-state index in [0.717, 1.165) is 36.7 Å². The van der Waals surface area contributed by atoms with Crippen molar-refractivity contribution in [2.24, 2.45) is 5.41 Å². The highest BCUT2D eigenvalue weighted by Crippen LogP contribution is 2.37. The number of anilines is 1. The summed E-state index contributed by atoms with van der Waals surface area (Å²) >= 11 is 0. The van der Waals surface area contributed by atoms with Crippen molar-refractivity contribution in [3.05, 3.63) is 30.5 Å². The van der Waals surface area contributed by atoms with Gasteiger partial charge in [0.05, 0.1) is 12.1 Å². The van der Waals surface area contributed by atoms with Gasteiger partial charge in [-0.05, 0) is 43.4 Å². The molecule has 0 aliphatic heterocycles. The Hall–Kier alpha value is -2.34. The fourth-order valence-corrected chi connectivity index (χ4v) is 3.62. The predicted octanol–water partition coefficient (Wildman–Crippen LogP) is 2.27. The maximum atomic E-state index is 12.2. The van der Waals surface area contributed by atoms with Gasteiger partial charge in [0, 0.05) is 29.9 Å². The minimum absolute atomic E-state index is 0.00421. The Balaban J connectivity index is 1.68. The second-order valence-corrected chi connectivity index (χ2v) is 7.06. The van der Waals surface area contributed by atoms with Crippen LogP contribution in [0.15, 0.2) is 30.5 Å². The number of carbonyl (C=O) groups is 2. The zero-order valence-corrected chi connectivity index (χ0v) is 14.7. The second kappa shape index (κ2) is 6.88. The molecule has 134 valence electrons. The topological polar surface area (TPSA) is 83.4 Å². The lowest BCUT2D eigenvalue weighted by Gasteiger charge is -2.29. The minimum atomic E-state index is -0.679. The van der Waals surface area contributed by atoms with Crippen molar-refractivity contribution in [3.8, 4) is 0 Å². The minimum Gasteiger partial charge on any atom is -0.396 e. The number of carbonyl (C=O) groups excluding carboxylic acids is 2. The third-order valence-corrected chi connectivity index (χ3v) is 5.33. The number of nitrogens with zero attached hydrogens (tertiary/aromatic N) is 1. The quantitative estimate of drug-likeness (QED) is 0.745. The molecule has 0 bridgehead atoms. The molecule has 1 fully saturated rings. The molecule has 0 radical (unpaired) electrons. The number of rotatable bonds is 4. The Morgan fingerprint density at radius 3 is 2.84 bits per heavy atom. The summed E-state index contributed by atoms with van der Waals surface area (Å²) in [5, 5.41) is 16.1. The average molecular weight is 343 g/mol. The van der Waals surface area contributed by atoms with Gasteiger partial charge < -0.3 is 20.3 Å². The number of fused-ring (bicyclic) bond motifs is 1. The monoisotopic (exact) mass is 343 g/mol. The van der Waals surface area contributed by atoms with E-state index in [0.29, 0.717) is 5.69 Å². The molecular weight excluding hydrogens is 318 g/mol. The number of hydrogen-bond acceptors (Lipinski definition) is 3. The molecule has 1 aromatic heterocycles. The summed E-state index contributed by atoms with van der Waals surface area (Å²) in [4.78, 5) is 24.5. The fraction of sp³-hybridized carbons (Fsp3) is 0.474. The number of aromatic nitrogens is 1. The SMILES string of the molecule is CCn1ccc2ccc(NC(=O)C(=O)NC3CCCC3(C)CO)cc21. The molecule has 0 spiro atoms. The van der Waals surface area contributed by atoms with E-state index in [-0.39, 0.29) is 18.1 Å². The van der Waals surface area contributed by atoms with Crippen LogP contribution in [0.25, 0.3) is 10.9 Å². The Kier molecular flexibility index (Phi) is 4.81. The van der Waals surface area contributed by atoms with Crippen LogP contribution in [0.5, 0.6) is 0 Å². The summed E-state index contributed by atoms with van der Waals surface area (Å²) in [5.41, 5.74) is 1.26. The van der Waals surface area contributed by atoms with Crippen molar-refractivity contribution in [2.75, 3.05) is 11.9 Å². The van der Waals surface area contributed by atoms with Gasteiger partial charge in [-0.25, -0.2) is 0 Å². The summed E-state index contributed by atoms with van der Waals surface area (Å²) in [6, 6.07) is 7.44. The van der Waals surface area contributed by atoms with Crippen LogP contribution in [0, 0.1) is 5.41 Å². The third kappa shape index (κ3) is 3.39. The average Bonchev–Trinajstić information content (AvgIpc) is 3.18. The first-order valence-corrected chi connectivity index (χ1v) is 8.78. The molecule has 1 aromatic carbocycles. The molecule has 6 heteroatoms. The first-order chi connectivity index (χ1) is 12.0. The van der Waals surface area contributed by atoms with Crippen molar-refractivity contribution < 1.29 is 14.7 Å². The van der Waals surface area contributed by atoms with Crippen LogP contribution in [0.4, 0.5) is 5.69 Å². The van der Waals surface area contributed by atoms with Crippen LogP contribution in [0.2, 0.25) is 0 Å². The van der Waals surface area contributed by atoms with Crippen LogP contribution in [0.1, 0.15) is 33.1 Å². The molecule has 1 aliphatic carbocycles. The lowest BCUT2D eigenvalue weighted by Crippen LogP contribution is -2.48. The summed E-state index contributed by atoms with van der Waals surface area (Å²) in [7, 11) is 0. The molecule has 1 heterocycles. The molecular formula is C19H25N3O3. The number of nitrogens with one attached hydrogen (secondary N) is 2. The molecule has 2 amide bonds. The van der Waals surface area contributed by atoms with Gasteiger partial charge in [0.25, 0.3) is 0 Å². The second-order valence-electron chi connectivity index (χ2n) is 7.06. The van der Waals surface area contributed by atoms with Gasteiger partial charge in [-0.1, -0.05) is 19.4 Å². The van der Waals surface area contributed by atoms with Crippen LogP contribution < -0.4 is 10.6 Å². The molecule has 3 N–H and O–H groups in total. The molecule has 1 aliphatic rings. The Morgan fingerprint density at radius 2 is 2.12 bits per heavy atom. The summed E-state index contributed by atoms with van der Waals surface area (Å²) < 4.78 is 2.08. The van der Waals surface area contributed by atoms with E-state index in [4.69, 9.17) is 0 Å². The smallest absolute Gasteiger partial charge is 0.313 e. The van der Waals surface area contributed by atoms with Gasteiger partial charge in [0.2, 0.25) is 0 Å². The highest BCUT2D eigenvalue weighted by molar-refractivity contribution is 6.39. The van der Waals surface area contributed by atoms with Crippen molar-refractivity contribution >= 4 is 28.4 Å². The lowest BCUT2D eigenvalue weighted by atomic mass is 9.86. The van der Waals surface area contributed by atoms with Crippen molar-refractivity contribution in [3.63, 3.8) is 0 Å². The van der Waals surface area contributed by atoms with Crippen LogP contribution >= 0.6 is 0 Å². The number of hydrogen-bond donors (Lipinski definition) is 3. The Bertz CT molecular complexity index is 798. The van der Waals surface area contributed by atoms with E-state index in [1.807, 2.05) is 31.3 Å². The fourth-order valence-electron chi connectivity index (χ4n) is 3.62. The lowest BCUT2D eigenvalue weighted by molar-refractivity contribution is -0.137. The van der Waals surface area contributed by atoms with Crippen molar-refractivity contribution in [1.82, 2.24) is 9.88 Å². The highest BCUT2D eigenvalue weighted by atomic mass is 16.3. The maximum absolute atomic E-state index is 12.2. The van der Waals surface area contributed by atoms with Crippen LogP contribution in [0.3, 0.4) is 0 Å². The van der Waals surface area contributed by atoms with Gasteiger partial charge in [0.1, 0.15) is 0 Å². The summed E-state index contributed by atoms with van der Waals surface area (Å²) in [6.45, 7) is 4.83. The van der Waals surface area contributed by atoms with Crippen LogP contribution in [-0.4, -0.2) is 34.1 Å². The highest BCUT2D eigenvalue weighted by Gasteiger charge is 2.39. The van der Waals surface area contributed by atoms with Crippen molar-refractivity contribution in [2.45, 2.75) is 45.7 Å². The molecule has 2 aromatic rings. The van der Waals surface area contributed by atoms with Gasteiger partial charge in [0.15, 0.2) is 0 Å². The summed E-state index contributed by atoms with van der Waals surface area (Å²) in [6.07, 6.45) is 4.57. The number of aryl methyl sites for hydroxylation is 1. The predicted molar refractivity (Wildman–Crippen MR) is 97.2 cm³/mol. The molecule has 2 atom stereocenters. The van der Waals surface area contributed by atoms with E-state index < -0.39 is 11.8 Å². The largest absolute Gasteiger partial charge is 0.396 e. The van der Waals surface area contributed by atoms with Gasteiger partial charge in [-0.3, -0.25) is 9.59 Å². The van der Waals surface area contributed by atoms with E-state index in [2.05, 4.69) is 22.1 Å². The van der Waals surface area contributed by atoms with Crippen LogP contribution in [-0.2, 0) is 16.1 Å². The van der Waals surface area contributed by atoms with E-state index in [1.165, 1.54) is 0 Å². The Labute approximate surface area is 147 Å². The Morgan fingerprint density at radius 1 is 1.32 bits per heavy atom. The van der Waals surface area contributed by atoms with E-state index >= 15 is 0 Å². The molecule has 6 nitrogen and oxygen atoms in total. The number of aliphatic hydroxyl groups is 1. The molecule has 2 unspecified atom stereocenters. The number of benzene rings is 1. The normalized spacial score (nSPS) is 22.9. The van der Waals surface area contributed by atoms with E-state index in [9.17, 15) is 14.7 Å². The van der Waals surface area contributed by atoms with E-state index in [1.54, 1.807) is 6.07 Å². The number of aliphatic hydroxyl groups excluding tert-OH is 1. The summed E-state index contributed by atoms with van der Waals surface area (Å²) in [5.74, 6) is -1.33. The van der Waals surface area contributed by atoms with Gasteiger partial charge >= 0.3 is 11.8 Å². The molecule has 1 saturated carbocycles. The molecule has 3 rings (SSSR count). The first-order valence-electron chi connectivity index (χ1n) is 8.78. The zero-order chi connectivity index (χ0) is 18.0. The van der Waals surface area contributed by atoms with Crippen molar-refractivity contribution in [1.29, 1.82) is 0 Å². The van der Waals surface area contributed by atoms with Gasteiger partial charge in [-0.15, -0.1) is 0 Å². The third-order valence-electron chi connectivity index (χ3n) is 5.33. The maximum Gasteiger partial charge on any atom is 0.313 e. The number of amides is 2. The van der Waals surface area contributed by atoms with Gasteiger partial charge in [-0.2, -0.15) is 0 Å². The molecule has 0 saturated heterocycles. The first kappa shape index (κ1) is 17.5.